The van der Waals surface area contributed by atoms with Crippen molar-refractivity contribution in [2.24, 2.45) is 0 Å². The number of carbonyl (C=O) groups is 2. The van der Waals surface area contributed by atoms with E-state index in [0.29, 0.717) is 0 Å². The molecule has 21 heavy (non-hydrogen) atoms. The van der Waals surface area contributed by atoms with E-state index in [4.69, 9.17) is 4.74 Å². The summed E-state index contributed by atoms with van der Waals surface area (Å²) in [6.45, 7) is 3.08. The summed E-state index contributed by atoms with van der Waals surface area (Å²) in [5.41, 5.74) is -0.817. The SMILES string of the molecule is C=CCNC(=O)NC(=O)COc1ccc(C(F)(F)F)cc1. The molecule has 0 fully saturated rings. The summed E-state index contributed by atoms with van der Waals surface area (Å²) in [7, 11) is 0. The summed E-state index contributed by atoms with van der Waals surface area (Å²) in [5, 5.41) is 4.29. The number of halogens is 3. The van der Waals surface area contributed by atoms with Gasteiger partial charge < -0.3 is 10.1 Å². The summed E-state index contributed by atoms with van der Waals surface area (Å²) < 4.78 is 41.9. The van der Waals surface area contributed by atoms with Crippen LogP contribution in [0.25, 0.3) is 0 Å². The first-order valence-corrected chi connectivity index (χ1v) is 5.81. The number of amides is 3. The highest BCUT2D eigenvalue weighted by molar-refractivity contribution is 5.95. The molecule has 3 amide bonds. The van der Waals surface area contributed by atoms with Gasteiger partial charge in [-0.2, -0.15) is 13.2 Å². The van der Waals surface area contributed by atoms with Gasteiger partial charge in [0.25, 0.3) is 5.91 Å². The van der Waals surface area contributed by atoms with Crippen LogP contribution < -0.4 is 15.4 Å². The highest BCUT2D eigenvalue weighted by Gasteiger charge is 2.30. The Morgan fingerprint density at radius 3 is 2.38 bits per heavy atom. The molecular formula is C13H13F3N2O3. The van der Waals surface area contributed by atoms with Crippen molar-refractivity contribution in [1.82, 2.24) is 10.6 Å². The third-order valence-corrected chi connectivity index (χ3v) is 2.21. The van der Waals surface area contributed by atoms with Crippen molar-refractivity contribution in [1.29, 1.82) is 0 Å². The largest absolute Gasteiger partial charge is 0.484 e. The van der Waals surface area contributed by atoms with Gasteiger partial charge in [-0.05, 0) is 24.3 Å². The molecule has 0 saturated carbocycles. The summed E-state index contributed by atoms with van der Waals surface area (Å²) in [4.78, 5) is 22.4. The lowest BCUT2D eigenvalue weighted by Crippen LogP contribution is -2.41. The van der Waals surface area contributed by atoms with Crippen LogP contribution in [0.15, 0.2) is 36.9 Å². The van der Waals surface area contributed by atoms with Crippen LogP contribution in [-0.4, -0.2) is 25.1 Å². The summed E-state index contributed by atoms with van der Waals surface area (Å²) in [5.74, 6) is -0.638. The molecule has 0 spiro atoms. The number of carbonyl (C=O) groups excluding carboxylic acids is 2. The minimum Gasteiger partial charge on any atom is -0.484 e. The van der Waals surface area contributed by atoms with Crippen LogP contribution >= 0.6 is 0 Å². The normalized spacial score (nSPS) is 10.6. The standard InChI is InChI=1S/C13H13F3N2O3/c1-2-7-17-12(20)18-11(19)8-21-10-5-3-9(4-6-10)13(14,15)16/h2-6H,1,7-8H2,(H2,17,18,19,20). The van der Waals surface area contributed by atoms with Gasteiger partial charge >= 0.3 is 12.2 Å². The molecule has 1 aromatic carbocycles. The molecule has 5 nitrogen and oxygen atoms in total. The highest BCUT2D eigenvalue weighted by Crippen LogP contribution is 2.30. The molecule has 0 bridgehead atoms. The van der Waals surface area contributed by atoms with Crippen LogP contribution in [0, 0.1) is 0 Å². The Morgan fingerprint density at radius 2 is 1.86 bits per heavy atom. The van der Waals surface area contributed by atoms with E-state index in [-0.39, 0.29) is 12.3 Å². The van der Waals surface area contributed by atoms with Crippen molar-refractivity contribution < 1.29 is 27.5 Å². The maximum atomic E-state index is 12.3. The van der Waals surface area contributed by atoms with E-state index in [9.17, 15) is 22.8 Å². The zero-order valence-electron chi connectivity index (χ0n) is 10.9. The predicted molar refractivity (Wildman–Crippen MR) is 68.7 cm³/mol. The smallest absolute Gasteiger partial charge is 0.416 e. The molecule has 2 N–H and O–H groups in total. The van der Waals surface area contributed by atoms with E-state index in [1.807, 2.05) is 5.32 Å². The van der Waals surface area contributed by atoms with E-state index in [0.717, 1.165) is 24.3 Å². The average Bonchev–Trinajstić information content (AvgIpc) is 2.42. The molecule has 0 atom stereocenters. The second-order valence-corrected chi connectivity index (χ2v) is 3.86. The van der Waals surface area contributed by atoms with Gasteiger partial charge in [0.2, 0.25) is 0 Å². The van der Waals surface area contributed by atoms with E-state index in [2.05, 4.69) is 11.9 Å². The third kappa shape index (κ3) is 5.98. The maximum Gasteiger partial charge on any atom is 0.416 e. The number of alkyl halides is 3. The van der Waals surface area contributed by atoms with Gasteiger partial charge in [-0.15, -0.1) is 6.58 Å². The number of hydrogen-bond donors (Lipinski definition) is 2. The van der Waals surface area contributed by atoms with Crippen molar-refractivity contribution in [3.63, 3.8) is 0 Å². The number of ether oxygens (including phenoxy) is 1. The number of hydrogen-bond acceptors (Lipinski definition) is 3. The molecular weight excluding hydrogens is 289 g/mol. The van der Waals surface area contributed by atoms with E-state index >= 15 is 0 Å². The lowest BCUT2D eigenvalue weighted by Gasteiger charge is -2.09. The molecule has 0 aliphatic heterocycles. The monoisotopic (exact) mass is 302 g/mol. The second kappa shape index (κ2) is 7.32. The van der Waals surface area contributed by atoms with Crippen LogP contribution in [0.4, 0.5) is 18.0 Å². The third-order valence-electron chi connectivity index (χ3n) is 2.21. The molecule has 0 saturated heterocycles. The van der Waals surface area contributed by atoms with Crippen LogP contribution in [0.5, 0.6) is 5.75 Å². The van der Waals surface area contributed by atoms with Gasteiger partial charge in [-0.3, -0.25) is 10.1 Å². The molecule has 1 rings (SSSR count). The Hall–Kier alpha value is -2.51. The van der Waals surface area contributed by atoms with E-state index in [1.54, 1.807) is 0 Å². The first kappa shape index (κ1) is 16.5. The number of nitrogens with one attached hydrogen (secondary N) is 2. The Labute approximate surface area is 118 Å². The summed E-state index contributed by atoms with van der Waals surface area (Å²) in [6.07, 6.45) is -3.00. The zero-order chi connectivity index (χ0) is 15.9. The van der Waals surface area contributed by atoms with Gasteiger partial charge in [0, 0.05) is 6.54 Å². The Balaban J connectivity index is 2.43. The van der Waals surface area contributed by atoms with Crippen LogP contribution in [0.3, 0.4) is 0 Å². The van der Waals surface area contributed by atoms with Crippen molar-refractivity contribution in [3.05, 3.63) is 42.5 Å². The Bertz CT molecular complexity index is 512. The topological polar surface area (TPSA) is 67.4 Å². The van der Waals surface area contributed by atoms with Crippen molar-refractivity contribution in [2.45, 2.75) is 6.18 Å². The fourth-order valence-electron chi connectivity index (χ4n) is 1.26. The quantitative estimate of drug-likeness (QED) is 0.819. The lowest BCUT2D eigenvalue weighted by molar-refractivity contribution is -0.137. The molecule has 0 radical (unpaired) electrons. The van der Waals surface area contributed by atoms with Gasteiger partial charge in [0.05, 0.1) is 5.56 Å². The minimum atomic E-state index is -4.43. The Kier molecular flexibility index (Phi) is 5.77. The van der Waals surface area contributed by atoms with Gasteiger partial charge in [0.1, 0.15) is 5.75 Å². The maximum absolute atomic E-state index is 12.3. The van der Waals surface area contributed by atoms with Crippen LogP contribution in [0.1, 0.15) is 5.56 Å². The highest BCUT2D eigenvalue weighted by atomic mass is 19.4. The summed E-state index contributed by atoms with van der Waals surface area (Å²) >= 11 is 0. The number of rotatable bonds is 5. The summed E-state index contributed by atoms with van der Waals surface area (Å²) in [6, 6.07) is 3.14. The predicted octanol–water partition coefficient (Wildman–Crippen LogP) is 2.10. The van der Waals surface area contributed by atoms with Gasteiger partial charge in [-0.25, -0.2) is 4.79 Å². The fourth-order valence-corrected chi connectivity index (χ4v) is 1.26. The molecule has 0 unspecified atom stereocenters. The van der Waals surface area contributed by atoms with Crippen LogP contribution in [0.2, 0.25) is 0 Å². The number of urea groups is 1. The molecule has 8 heteroatoms. The van der Waals surface area contributed by atoms with E-state index < -0.39 is 30.3 Å². The molecule has 0 aliphatic rings. The number of imide groups is 1. The first-order valence-electron chi connectivity index (χ1n) is 5.81. The minimum absolute atomic E-state index is 0.0876. The van der Waals surface area contributed by atoms with E-state index in [1.165, 1.54) is 6.08 Å². The second-order valence-electron chi connectivity index (χ2n) is 3.86. The van der Waals surface area contributed by atoms with Gasteiger partial charge in [0.15, 0.2) is 6.61 Å². The molecule has 1 aromatic rings. The van der Waals surface area contributed by atoms with Crippen molar-refractivity contribution in [3.8, 4) is 5.75 Å². The molecule has 0 aliphatic carbocycles. The number of benzene rings is 1. The van der Waals surface area contributed by atoms with Gasteiger partial charge in [-0.1, -0.05) is 6.08 Å². The first-order chi connectivity index (χ1) is 9.82. The Morgan fingerprint density at radius 1 is 1.24 bits per heavy atom. The molecule has 114 valence electrons. The van der Waals surface area contributed by atoms with Crippen molar-refractivity contribution in [2.75, 3.05) is 13.2 Å². The molecule has 0 heterocycles. The molecule has 0 aromatic heterocycles. The van der Waals surface area contributed by atoms with Crippen molar-refractivity contribution >= 4 is 11.9 Å². The lowest BCUT2D eigenvalue weighted by atomic mass is 10.2. The fraction of sp³-hybridized carbons (Fsp3) is 0.231. The average molecular weight is 302 g/mol. The van der Waals surface area contributed by atoms with Crippen LogP contribution in [-0.2, 0) is 11.0 Å². The zero-order valence-corrected chi connectivity index (χ0v) is 10.9.